The second-order valence-corrected chi connectivity index (χ2v) is 5.63. The smallest absolute Gasteiger partial charge is 0.225 e. The molecule has 2 heterocycles. The van der Waals surface area contributed by atoms with Crippen molar-refractivity contribution < 1.29 is 9.53 Å². The molecule has 0 bridgehead atoms. The Kier molecular flexibility index (Phi) is 3.62. The highest BCUT2D eigenvalue weighted by Crippen LogP contribution is 2.47. The molecule has 0 saturated carbocycles. The van der Waals surface area contributed by atoms with Crippen LogP contribution in [0.15, 0.2) is 43.0 Å². The highest BCUT2D eigenvalue weighted by atomic mass is 16.5. The van der Waals surface area contributed by atoms with Crippen molar-refractivity contribution in [1.82, 2.24) is 4.90 Å². The molecule has 2 atom stereocenters. The third-order valence-corrected chi connectivity index (χ3v) is 4.42. The maximum atomic E-state index is 12.3. The first-order valence-corrected chi connectivity index (χ1v) is 7.39. The van der Waals surface area contributed by atoms with Gasteiger partial charge in [-0.25, -0.2) is 0 Å². The normalized spacial score (nSPS) is 28.7. The average molecular weight is 271 g/mol. The molecule has 1 amide bonds. The van der Waals surface area contributed by atoms with E-state index in [1.807, 2.05) is 29.2 Å². The van der Waals surface area contributed by atoms with Crippen molar-refractivity contribution in [3.8, 4) is 0 Å². The molecule has 3 rings (SSSR count). The minimum atomic E-state index is -0.361. The lowest BCUT2D eigenvalue weighted by Crippen LogP contribution is -2.42. The number of unbranched alkanes of at least 4 members (excludes halogenated alkanes) is 1. The third kappa shape index (κ3) is 2.16. The van der Waals surface area contributed by atoms with Crippen LogP contribution in [0.1, 0.15) is 43.7 Å². The van der Waals surface area contributed by atoms with Gasteiger partial charge in [0, 0.05) is 12.8 Å². The van der Waals surface area contributed by atoms with Gasteiger partial charge >= 0.3 is 0 Å². The Bertz CT molecular complexity index is 499. The van der Waals surface area contributed by atoms with Crippen molar-refractivity contribution in [3.05, 3.63) is 48.6 Å². The summed E-state index contributed by atoms with van der Waals surface area (Å²) < 4.78 is 6.12. The summed E-state index contributed by atoms with van der Waals surface area (Å²) in [6.07, 6.45) is 6.27. The van der Waals surface area contributed by atoms with Gasteiger partial charge in [-0.3, -0.25) is 4.79 Å². The predicted octanol–water partition coefficient (Wildman–Crippen LogP) is 3.43. The summed E-state index contributed by atoms with van der Waals surface area (Å²) >= 11 is 0. The zero-order valence-electron chi connectivity index (χ0n) is 11.8. The molecule has 0 N–H and O–H groups in total. The molecule has 0 aromatic heterocycles. The number of carbonyl (C=O) groups is 1. The molecular formula is C17H21NO2. The van der Waals surface area contributed by atoms with Gasteiger partial charge in [0.25, 0.3) is 0 Å². The fourth-order valence-corrected chi connectivity index (χ4v) is 3.44. The molecule has 1 aromatic rings. The first-order valence-electron chi connectivity index (χ1n) is 7.39. The van der Waals surface area contributed by atoms with Crippen LogP contribution in [0.25, 0.3) is 0 Å². The summed E-state index contributed by atoms with van der Waals surface area (Å²) in [7, 11) is 0. The number of allylic oxidation sites excluding steroid dienone is 1. The lowest BCUT2D eigenvalue weighted by molar-refractivity contribution is -0.139. The largest absolute Gasteiger partial charge is 0.353 e. The highest BCUT2D eigenvalue weighted by molar-refractivity contribution is 5.80. The van der Waals surface area contributed by atoms with Gasteiger partial charge in [0.2, 0.25) is 5.91 Å². The Morgan fingerprint density at radius 1 is 1.40 bits per heavy atom. The summed E-state index contributed by atoms with van der Waals surface area (Å²) in [6.45, 7) is 4.38. The number of hydrogen-bond donors (Lipinski definition) is 0. The number of fused-ring (bicyclic) bond motifs is 1. The summed E-state index contributed by atoms with van der Waals surface area (Å²) in [5.41, 5.74) is 0.814. The van der Waals surface area contributed by atoms with Crippen molar-refractivity contribution in [3.63, 3.8) is 0 Å². The highest BCUT2D eigenvalue weighted by Gasteiger charge is 2.53. The second kappa shape index (κ2) is 5.41. The van der Waals surface area contributed by atoms with Crippen molar-refractivity contribution >= 4 is 5.91 Å². The van der Waals surface area contributed by atoms with Crippen LogP contribution in [0.3, 0.4) is 0 Å². The Balaban J connectivity index is 1.83. The van der Waals surface area contributed by atoms with E-state index in [0.29, 0.717) is 13.0 Å². The standard InChI is InChI=1S/C17H21NO2/c1-2-3-7-11-17-12-10-16(19)18(17)15(13-20-17)14-8-5-4-6-9-14/h2,4-6,8-9,15H,1,3,7,10-13H2/t15-,17-/m0/s1. The molecule has 2 aliphatic rings. The van der Waals surface area contributed by atoms with Gasteiger partial charge in [-0.15, -0.1) is 6.58 Å². The molecular weight excluding hydrogens is 250 g/mol. The molecule has 2 saturated heterocycles. The van der Waals surface area contributed by atoms with Gasteiger partial charge in [-0.1, -0.05) is 36.4 Å². The summed E-state index contributed by atoms with van der Waals surface area (Å²) in [5, 5.41) is 0. The van der Waals surface area contributed by atoms with Gasteiger partial charge in [-0.05, 0) is 24.8 Å². The fourth-order valence-electron chi connectivity index (χ4n) is 3.44. The van der Waals surface area contributed by atoms with E-state index in [0.717, 1.165) is 25.7 Å². The molecule has 3 heteroatoms. The van der Waals surface area contributed by atoms with E-state index in [1.54, 1.807) is 0 Å². The average Bonchev–Trinajstić information content (AvgIpc) is 3.00. The first kappa shape index (κ1) is 13.4. The van der Waals surface area contributed by atoms with Crippen molar-refractivity contribution in [1.29, 1.82) is 0 Å². The summed E-state index contributed by atoms with van der Waals surface area (Å²) in [6, 6.07) is 10.3. The van der Waals surface area contributed by atoms with Crippen LogP contribution in [0, 0.1) is 0 Å². The SMILES string of the molecule is C=CCCC[C@]12CCC(=O)N1[C@H](c1ccccc1)CO2. The summed E-state index contributed by atoms with van der Waals surface area (Å²) in [4.78, 5) is 14.3. The maximum absolute atomic E-state index is 12.3. The number of rotatable bonds is 5. The van der Waals surface area contributed by atoms with E-state index in [4.69, 9.17) is 4.74 Å². The molecule has 106 valence electrons. The lowest BCUT2D eigenvalue weighted by Gasteiger charge is -2.33. The number of hydrogen-bond acceptors (Lipinski definition) is 2. The van der Waals surface area contributed by atoms with E-state index < -0.39 is 0 Å². The van der Waals surface area contributed by atoms with E-state index in [1.165, 1.54) is 5.56 Å². The van der Waals surface area contributed by atoms with Gasteiger partial charge in [0.05, 0.1) is 12.6 Å². The second-order valence-electron chi connectivity index (χ2n) is 5.63. The molecule has 0 radical (unpaired) electrons. The van der Waals surface area contributed by atoms with Crippen LogP contribution >= 0.6 is 0 Å². The van der Waals surface area contributed by atoms with Crippen LogP contribution in [-0.2, 0) is 9.53 Å². The molecule has 0 spiro atoms. The molecule has 2 fully saturated rings. The zero-order chi connectivity index (χ0) is 14.0. The van der Waals surface area contributed by atoms with Gasteiger partial charge in [-0.2, -0.15) is 0 Å². The topological polar surface area (TPSA) is 29.5 Å². The van der Waals surface area contributed by atoms with Gasteiger partial charge < -0.3 is 9.64 Å². The lowest BCUT2D eigenvalue weighted by atomic mass is 10.0. The fraction of sp³-hybridized carbons (Fsp3) is 0.471. The predicted molar refractivity (Wildman–Crippen MR) is 78.0 cm³/mol. The van der Waals surface area contributed by atoms with Crippen LogP contribution in [-0.4, -0.2) is 23.1 Å². The molecule has 2 aliphatic heterocycles. The number of ether oxygens (including phenoxy) is 1. The molecule has 3 nitrogen and oxygen atoms in total. The molecule has 20 heavy (non-hydrogen) atoms. The maximum Gasteiger partial charge on any atom is 0.225 e. The van der Waals surface area contributed by atoms with Crippen LogP contribution in [0.4, 0.5) is 0 Å². The Hall–Kier alpha value is -1.61. The summed E-state index contributed by atoms with van der Waals surface area (Å²) in [5.74, 6) is 0.231. The van der Waals surface area contributed by atoms with E-state index in [2.05, 4.69) is 18.7 Å². The molecule has 0 unspecified atom stereocenters. The van der Waals surface area contributed by atoms with E-state index in [9.17, 15) is 4.79 Å². The van der Waals surface area contributed by atoms with Crippen molar-refractivity contribution in [2.24, 2.45) is 0 Å². The minimum absolute atomic E-state index is 0.0786. The zero-order valence-corrected chi connectivity index (χ0v) is 11.8. The Morgan fingerprint density at radius 3 is 2.95 bits per heavy atom. The Labute approximate surface area is 120 Å². The van der Waals surface area contributed by atoms with Crippen molar-refractivity contribution in [2.75, 3.05) is 6.61 Å². The van der Waals surface area contributed by atoms with Gasteiger partial charge in [0.1, 0.15) is 5.72 Å². The van der Waals surface area contributed by atoms with Crippen LogP contribution < -0.4 is 0 Å². The van der Waals surface area contributed by atoms with Gasteiger partial charge in [0.15, 0.2) is 0 Å². The van der Waals surface area contributed by atoms with Crippen molar-refractivity contribution in [2.45, 2.75) is 43.9 Å². The van der Waals surface area contributed by atoms with Crippen LogP contribution in [0.5, 0.6) is 0 Å². The van der Waals surface area contributed by atoms with Crippen LogP contribution in [0.2, 0.25) is 0 Å². The van der Waals surface area contributed by atoms with E-state index >= 15 is 0 Å². The number of benzene rings is 1. The Morgan fingerprint density at radius 2 is 2.20 bits per heavy atom. The third-order valence-electron chi connectivity index (χ3n) is 4.42. The number of carbonyl (C=O) groups excluding carboxylic acids is 1. The monoisotopic (exact) mass is 271 g/mol. The number of amides is 1. The first-order chi connectivity index (χ1) is 9.77. The minimum Gasteiger partial charge on any atom is -0.353 e. The molecule has 0 aliphatic carbocycles. The quantitative estimate of drug-likeness (QED) is 0.606. The number of nitrogens with zero attached hydrogens (tertiary/aromatic N) is 1. The molecule has 1 aromatic carbocycles. The van der Waals surface area contributed by atoms with E-state index in [-0.39, 0.29) is 17.7 Å².